The van der Waals surface area contributed by atoms with Crippen LogP contribution in [0.5, 0.6) is 0 Å². The Balaban J connectivity index is 1.73. The molecule has 1 fully saturated rings. The van der Waals surface area contributed by atoms with Crippen molar-refractivity contribution >= 4 is 17.5 Å². The Morgan fingerprint density at radius 1 is 0.878 bits per heavy atom. The van der Waals surface area contributed by atoms with Crippen molar-refractivity contribution in [2.24, 2.45) is 0 Å². The summed E-state index contributed by atoms with van der Waals surface area (Å²) in [5.41, 5.74) is 3.14. The zero-order valence-corrected chi connectivity index (χ0v) is 23.8. The van der Waals surface area contributed by atoms with Gasteiger partial charge in [0, 0.05) is 43.6 Å². The number of aliphatic hydroxyl groups excluding tert-OH is 1. The van der Waals surface area contributed by atoms with Crippen molar-refractivity contribution in [1.82, 2.24) is 4.57 Å². The zero-order chi connectivity index (χ0) is 29.8. The summed E-state index contributed by atoms with van der Waals surface area (Å²) in [6.07, 6.45) is 3.63. The fourth-order valence-corrected chi connectivity index (χ4v) is 6.22. The Labute approximate surface area is 239 Å². The molecule has 1 aliphatic rings. The minimum absolute atomic E-state index is 0.00497. The predicted molar refractivity (Wildman–Crippen MR) is 151 cm³/mol. The first-order valence-corrected chi connectivity index (χ1v) is 14.0. The number of halogens is 2. The van der Waals surface area contributed by atoms with E-state index in [1.807, 2.05) is 30.8 Å². The Bertz CT molecular complexity index is 1290. The third-order valence-electron chi connectivity index (χ3n) is 8.20. The third-order valence-corrected chi connectivity index (χ3v) is 8.20. The van der Waals surface area contributed by atoms with Gasteiger partial charge in [0.25, 0.3) is 0 Å². The van der Waals surface area contributed by atoms with Crippen LogP contribution in [0.2, 0.25) is 0 Å². The fraction of sp³-hybridized carbons (Fsp3) is 0.424. The van der Waals surface area contributed by atoms with E-state index in [0.29, 0.717) is 30.5 Å². The lowest BCUT2D eigenvalue weighted by Gasteiger charge is -2.27. The van der Waals surface area contributed by atoms with E-state index in [1.54, 1.807) is 24.3 Å². The summed E-state index contributed by atoms with van der Waals surface area (Å²) in [4.78, 5) is 37.7. The number of carbonyl (C=O) groups excluding carboxylic acids is 3. The molecule has 0 amide bonds. The van der Waals surface area contributed by atoms with Crippen LogP contribution in [0.4, 0.5) is 8.78 Å². The van der Waals surface area contributed by atoms with E-state index < -0.39 is 30.0 Å². The van der Waals surface area contributed by atoms with Crippen molar-refractivity contribution < 1.29 is 33.0 Å². The predicted octanol–water partition coefficient (Wildman–Crippen LogP) is 6.18. The lowest BCUT2D eigenvalue weighted by molar-refractivity contribution is -0.160. The maximum atomic E-state index is 13.7. The van der Waals surface area contributed by atoms with Crippen molar-refractivity contribution in [1.29, 1.82) is 0 Å². The molecule has 6 nitrogen and oxygen atoms in total. The number of hydrogen-bond acceptors (Lipinski definition) is 5. The first-order valence-electron chi connectivity index (χ1n) is 14.0. The van der Waals surface area contributed by atoms with E-state index in [9.17, 15) is 28.3 Å². The second kappa shape index (κ2) is 12.9. The van der Waals surface area contributed by atoms with Crippen molar-refractivity contribution in [3.8, 4) is 0 Å². The van der Waals surface area contributed by atoms with Gasteiger partial charge in [-0.25, -0.2) is 8.78 Å². The molecule has 4 rings (SSSR count). The second-order valence-electron chi connectivity index (χ2n) is 11.3. The number of nitrogens with zero attached hydrogens (tertiary/aromatic N) is 1. The first-order chi connectivity index (χ1) is 19.4. The molecule has 218 valence electrons. The minimum Gasteiger partial charge on any atom is -0.462 e. The molecule has 6 unspecified atom stereocenters. The molecule has 0 aliphatic carbocycles. The molecule has 8 heteroatoms. The summed E-state index contributed by atoms with van der Waals surface area (Å²) in [5, 5.41) is 10.00. The summed E-state index contributed by atoms with van der Waals surface area (Å²) in [5.74, 6) is -3.05. The van der Waals surface area contributed by atoms with Crippen LogP contribution in [-0.4, -0.2) is 39.4 Å². The highest BCUT2D eigenvalue weighted by Gasteiger charge is 2.33. The van der Waals surface area contributed by atoms with Crippen LogP contribution in [-0.2, 0) is 25.7 Å². The molecular formula is C33H37F2NO5. The van der Waals surface area contributed by atoms with Gasteiger partial charge < -0.3 is 14.4 Å². The quantitative estimate of drug-likeness (QED) is 0.281. The van der Waals surface area contributed by atoms with Crippen molar-refractivity contribution in [3.63, 3.8) is 0 Å². The van der Waals surface area contributed by atoms with Gasteiger partial charge >= 0.3 is 5.97 Å². The summed E-state index contributed by atoms with van der Waals surface area (Å²) in [7, 11) is 0. The standard InChI is InChI=1S/C33H37F2NO5/c1-19(32(21(3)37)23-5-9-25(34)10-6-23)29-17-36(14-13-28-15-27(39)16-31(40)41-28)18-30(29)20(2)33(22(4)38)24-7-11-26(35)12-8-24/h5-12,17-20,27-28,32-33,39H,13-16H2,1-4H3. The van der Waals surface area contributed by atoms with Gasteiger partial charge in [0.15, 0.2) is 0 Å². The van der Waals surface area contributed by atoms with E-state index in [4.69, 9.17) is 4.74 Å². The normalized spacial score (nSPS) is 20.1. The number of esters is 1. The van der Waals surface area contributed by atoms with Gasteiger partial charge in [-0.05, 0) is 72.2 Å². The SMILES string of the molecule is CC(=O)C(c1ccc(F)cc1)C(C)c1cn(CCC2CC(O)CC(=O)O2)cc1C(C)C(C(C)=O)c1ccc(F)cc1. The van der Waals surface area contributed by atoms with Crippen LogP contribution in [0.15, 0.2) is 60.9 Å². The molecule has 1 aliphatic heterocycles. The highest BCUT2D eigenvalue weighted by atomic mass is 19.1. The largest absolute Gasteiger partial charge is 0.462 e. The zero-order valence-electron chi connectivity index (χ0n) is 23.8. The molecule has 6 atom stereocenters. The number of aromatic nitrogens is 1. The second-order valence-corrected chi connectivity index (χ2v) is 11.3. The lowest BCUT2D eigenvalue weighted by Crippen LogP contribution is -2.33. The number of ether oxygens (including phenoxy) is 1. The van der Waals surface area contributed by atoms with E-state index in [1.165, 1.54) is 38.1 Å². The fourth-order valence-electron chi connectivity index (χ4n) is 6.22. The van der Waals surface area contributed by atoms with Gasteiger partial charge in [-0.15, -0.1) is 0 Å². The Morgan fingerprint density at radius 2 is 1.32 bits per heavy atom. The van der Waals surface area contributed by atoms with E-state index >= 15 is 0 Å². The summed E-state index contributed by atoms with van der Waals surface area (Å²) < 4.78 is 34.8. The summed E-state index contributed by atoms with van der Waals surface area (Å²) in [6, 6.07) is 11.9. The number of cyclic esters (lactones) is 1. The molecule has 0 bridgehead atoms. The first kappa shape index (κ1) is 30.3. The van der Waals surface area contributed by atoms with Crippen LogP contribution in [0.25, 0.3) is 0 Å². The smallest absolute Gasteiger partial charge is 0.308 e. The van der Waals surface area contributed by atoms with Gasteiger partial charge in [0.2, 0.25) is 0 Å². The van der Waals surface area contributed by atoms with Gasteiger partial charge in [-0.3, -0.25) is 14.4 Å². The number of hydrogen-bond donors (Lipinski definition) is 1. The highest BCUT2D eigenvalue weighted by molar-refractivity contribution is 5.85. The molecule has 41 heavy (non-hydrogen) atoms. The van der Waals surface area contributed by atoms with Crippen LogP contribution in [0.3, 0.4) is 0 Å². The Morgan fingerprint density at radius 3 is 1.71 bits per heavy atom. The van der Waals surface area contributed by atoms with Crippen LogP contribution in [0, 0.1) is 11.6 Å². The number of benzene rings is 2. The summed E-state index contributed by atoms with van der Waals surface area (Å²) in [6.45, 7) is 7.42. The van der Waals surface area contributed by atoms with E-state index in [0.717, 1.165) is 11.1 Å². The molecule has 2 heterocycles. The van der Waals surface area contributed by atoms with Gasteiger partial charge in [-0.1, -0.05) is 38.1 Å². The highest BCUT2D eigenvalue weighted by Crippen LogP contribution is 2.42. The average Bonchev–Trinajstić information content (AvgIpc) is 3.33. The molecule has 0 spiro atoms. The van der Waals surface area contributed by atoms with Gasteiger partial charge in [0.1, 0.15) is 29.3 Å². The van der Waals surface area contributed by atoms with Crippen molar-refractivity contribution in [3.05, 3.63) is 94.8 Å². The van der Waals surface area contributed by atoms with Crippen molar-refractivity contribution in [2.75, 3.05) is 0 Å². The van der Waals surface area contributed by atoms with E-state index in [-0.39, 0.29) is 41.5 Å². The number of ketones is 2. The number of aliphatic hydroxyl groups is 1. The maximum Gasteiger partial charge on any atom is 0.308 e. The van der Waals surface area contributed by atoms with E-state index in [2.05, 4.69) is 0 Å². The maximum absolute atomic E-state index is 13.7. The molecular weight excluding hydrogens is 528 g/mol. The Kier molecular flexibility index (Phi) is 9.53. The molecule has 1 N–H and O–H groups in total. The minimum atomic E-state index is -0.726. The molecule has 1 saturated heterocycles. The Hall–Kier alpha value is -3.65. The lowest BCUT2D eigenvalue weighted by atomic mass is 9.75. The van der Waals surface area contributed by atoms with Crippen LogP contribution in [0.1, 0.15) is 92.9 Å². The number of rotatable bonds is 11. The van der Waals surface area contributed by atoms with Crippen LogP contribution < -0.4 is 0 Å². The third kappa shape index (κ3) is 7.17. The monoisotopic (exact) mass is 565 g/mol. The number of Topliss-reactive ketones (excluding diaryl/α,β-unsaturated/α-hetero) is 2. The summed E-state index contributed by atoms with van der Waals surface area (Å²) >= 11 is 0. The van der Waals surface area contributed by atoms with Gasteiger partial charge in [0.05, 0.1) is 12.5 Å². The topological polar surface area (TPSA) is 85.6 Å². The number of aryl methyl sites for hydroxylation is 1. The average molecular weight is 566 g/mol. The van der Waals surface area contributed by atoms with Crippen LogP contribution >= 0.6 is 0 Å². The number of carbonyl (C=O) groups is 3. The van der Waals surface area contributed by atoms with Gasteiger partial charge in [-0.2, -0.15) is 0 Å². The van der Waals surface area contributed by atoms with Crippen molar-refractivity contribution in [2.45, 2.75) is 89.4 Å². The molecule has 0 saturated carbocycles. The molecule has 1 aromatic heterocycles. The molecule has 2 aromatic carbocycles. The molecule has 0 radical (unpaired) electrons. The molecule has 3 aromatic rings.